The van der Waals surface area contributed by atoms with Crippen molar-refractivity contribution in [2.24, 2.45) is 0 Å². The lowest BCUT2D eigenvalue weighted by Gasteiger charge is -2.12. The molecule has 2 heterocycles. The summed E-state index contributed by atoms with van der Waals surface area (Å²) in [4.78, 5) is 19.8. The van der Waals surface area contributed by atoms with Crippen molar-refractivity contribution < 1.29 is 23.1 Å². The second-order valence-corrected chi connectivity index (χ2v) is 6.18. The molecule has 0 radical (unpaired) electrons. The van der Waals surface area contributed by atoms with Gasteiger partial charge in [-0.3, -0.25) is 0 Å². The van der Waals surface area contributed by atoms with Crippen molar-refractivity contribution >= 4 is 33.8 Å². The molecular formula is C18H12BrF2N3O3. The molecule has 0 aliphatic heterocycles. The molecule has 0 atom stereocenters. The van der Waals surface area contributed by atoms with Gasteiger partial charge in [-0.25, -0.2) is 23.5 Å². The summed E-state index contributed by atoms with van der Waals surface area (Å²) >= 11 is 3.16. The summed E-state index contributed by atoms with van der Waals surface area (Å²) in [5, 5.41) is 12.0. The molecule has 9 heteroatoms. The highest BCUT2D eigenvalue weighted by molar-refractivity contribution is 9.10. The fourth-order valence-corrected chi connectivity index (χ4v) is 2.61. The molecule has 27 heavy (non-hydrogen) atoms. The van der Waals surface area contributed by atoms with Crippen molar-refractivity contribution in [2.45, 2.75) is 6.42 Å². The van der Waals surface area contributed by atoms with Crippen LogP contribution < -0.4 is 5.32 Å². The number of aromatic nitrogens is 2. The standard InChI is InChI=1S/C18H12BrF2N3O3/c19-16-9-22-17(24-15(18(25)26)7-10-3-2-6-27-10)14(23-16)8-11-12(20)4-1-5-13(11)21/h1-7,9H,8H2,(H,22,24)(H,25,26)/b15-7-. The van der Waals surface area contributed by atoms with Crippen LogP contribution in [-0.4, -0.2) is 21.0 Å². The van der Waals surface area contributed by atoms with Crippen molar-refractivity contribution in [1.29, 1.82) is 0 Å². The van der Waals surface area contributed by atoms with Crippen molar-refractivity contribution in [1.82, 2.24) is 9.97 Å². The van der Waals surface area contributed by atoms with Crippen LogP contribution in [0.15, 0.2) is 57.5 Å². The first kappa shape index (κ1) is 18.7. The van der Waals surface area contributed by atoms with Gasteiger partial charge < -0.3 is 14.8 Å². The molecule has 0 saturated heterocycles. The number of halogens is 3. The zero-order chi connectivity index (χ0) is 19.4. The Hall–Kier alpha value is -3.07. The van der Waals surface area contributed by atoms with Crippen molar-refractivity contribution in [3.05, 3.63) is 81.7 Å². The number of hydrogen-bond donors (Lipinski definition) is 2. The van der Waals surface area contributed by atoms with Crippen molar-refractivity contribution in [3.8, 4) is 0 Å². The molecule has 2 N–H and O–H groups in total. The second kappa shape index (κ2) is 8.09. The number of carboxylic acids is 1. The van der Waals surface area contributed by atoms with Gasteiger partial charge in [0.2, 0.25) is 0 Å². The fraction of sp³-hybridized carbons (Fsp3) is 0.0556. The summed E-state index contributed by atoms with van der Waals surface area (Å²) in [5.41, 5.74) is -0.267. The van der Waals surface area contributed by atoms with Gasteiger partial charge in [0.1, 0.15) is 27.7 Å². The van der Waals surface area contributed by atoms with Gasteiger partial charge >= 0.3 is 5.97 Å². The Bertz CT molecular complexity index is 987. The smallest absolute Gasteiger partial charge is 0.352 e. The number of furan rings is 1. The molecule has 0 fully saturated rings. The molecule has 0 aliphatic rings. The molecule has 3 aromatic rings. The molecule has 1 aromatic carbocycles. The van der Waals surface area contributed by atoms with Crippen molar-refractivity contribution in [2.75, 3.05) is 5.32 Å². The molecule has 0 aliphatic carbocycles. The quantitative estimate of drug-likeness (QED) is 0.563. The van der Waals surface area contributed by atoms with Crippen LogP contribution in [0.25, 0.3) is 6.08 Å². The normalized spacial score (nSPS) is 11.4. The fourth-order valence-electron chi connectivity index (χ4n) is 2.29. The molecule has 0 amide bonds. The van der Waals surface area contributed by atoms with Gasteiger partial charge in [-0.1, -0.05) is 6.07 Å². The van der Waals surface area contributed by atoms with E-state index in [2.05, 4.69) is 31.2 Å². The van der Waals surface area contributed by atoms with Crippen LogP contribution in [0, 0.1) is 11.6 Å². The lowest BCUT2D eigenvalue weighted by molar-refractivity contribution is -0.132. The lowest BCUT2D eigenvalue weighted by atomic mass is 10.1. The molecule has 0 unspecified atom stereocenters. The minimum atomic E-state index is -1.26. The van der Waals surface area contributed by atoms with Gasteiger partial charge in [0.05, 0.1) is 18.2 Å². The number of anilines is 1. The van der Waals surface area contributed by atoms with E-state index in [1.165, 1.54) is 24.6 Å². The predicted molar refractivity (Wildman–Crippen MR) is 96.8 cm³/mol. The summed E-state index contributed by atoms with van der Waals surface area (Å²) in [6.07, 6.45) is 3.79. The maximum atomic E-state index is 14.0. The highest BCUT2D eigenvalue weighted by Gasteiger charge is 2.17. The third-order valence-corrected chi connectivity index (χ3v) is 3.92. The highest BCUT2D eigenvalue weighted by Crippen LogP contribution is 2.23. The summed E-state index contributed by atoms with van der Waals surface area (Å²) in [6.45, 7) is 0. The zero-order valence-electron chi connectivity index (χ0n) is 13.6. The first-order valence-corrected chi connectivity index (χ1v) is 8.43. The topological polar surface area (TPSA) is 88.2 Å². The first-order chi connectivity index (χ1) is 12.9. The van der Waals surface area contributed by atoms with E-state index < -0.39 is 17.6 Å². The van der Waals surface area contributed by atoms with Crippen LogP contribution in [0.1, 0.15) is 17.0 Å². The molecule has 138 valence electrons. The number of benzene rings is 1. The number of hydrogen-bond acceptors (Lipinski definition) is 5. The van der Waals surface area contributed by atoms with Crippen LogP contribution in [0.4, 0.5) is 14.6 Å². The molecule has 0 saturated carbocycles. The molecule has 2 aromatic heterocycles. The molecule has 6 nitrogen and oxygen atoms in total. The Morgan fingerprint density at radius 3 is 2.63 bits per heavy atom. The molecule has 3 rings (SSSR count). The predicted octanol–water partition coefficient (Wildman–Crippen LogP) is 4.24. The van der Waals surface area contributed by atoms with E-state index in [0.717, 1.165) is 12.1 Å². The van der Waals surface area contributed by atoms with E-state index in [1.807, 2.05) is 0 Å². The zero-order valence-corrected chi connectivity index (χ0v) is 15.2. The Morgan fingerprint density at radius 1 is 1.26 bits per heavy atom. The van der Waals surface area contributed by atoms with Gasteiger partial charge in [0.15, 0.2) is 5.82 Å². The summed E-state index contributed by atoms with van der Waals surface area (Å²) in [6, 6.07) is 6.71. The number of carboxylic acid groups (broad SMARTS) is 1. The number of rotatable bonds is 6. The van der Waals surface area contributed by atoms with E-state index in [9.17, 15) is 18.7 Å². The van der Waals surface area contributed by atoms with Crippen LogP contribution in [-0.2, 0) is 11.2 Å². The van der Waals surface area contributed by atoms with Gasteiger partial charge in [0, 0.05) is 18.1 Å². The average Bonchev–Trinajstić information content (AvgIpc) is 3.12. The van der Waals surface area contributed by atoms with Crippen molar-refractivity contribution in [3.63, 3.8) is 0 Å². The Balaban J connectivity index is 1.97. The Labute approximate surface area is 160 Å². The maximum absolute atomic E-state index is 14.0. The summed E-state index contributed by atoms with van der Waals surface area (Å²) in [7, 11) is 0. The van der Waals surface area contributed by atoms with E-state index in [-0.39, 0.29) is 29.2 Å². The number of carbonyl (C=O) groups is 1. The Kier molecular flexibility index (Phi) is 5.60. The molecule has 0 spiro atoms. The lowest BCUT2D eigenvalue weighted by Crippen LogP contribution is -2.14. The minimum Gasteiger partial charge on any atom is -0.477 e. The Morgan fingerprint density at radius 2 is 2.00 bits per heavy atom. The van der Waals surface area contributed by atoms with Gasteiger partial charge in [0.25, 0.3) is 0 Å². The second-order valence-electron chi connectivity index (χ2n) is 5.37. The van der Waals surface area contributed by atoms with E-state index in [1.54, 1.807) is 12.1 Å². The van der Waals surface area contributed by atoms with E-state index in [0.29, 0.717) is 10.4 Å². The van der Waals surface area contributed by atoms with Gasteiger partial charge in [-0.2, -0.15) is 0 Å². The molecular weight excluding hydrogens is 424 g/mol. The van der Waals surface area contributed by atoms with Crippen LogP contribution >= 0.6 is 15.9 Å². The monoisotopic (exact) mass is 435 g/mol. The molecule has 0 bridgehead atoms. The number of nitrogens with zero attached hydrogens (tertiary/aromatic N) is 2. The van der Waals surface area contributed by atoms with Crippen LogP contribution in [0.5, 0.6) is 0 Å². The van der Waals surface area contributed by atoms with E-state index >= 15 is 0 Å². The van der Waals surface area contributed by atoms with Gasteiger partial charge in [-0.05, 0) is 40.2 Å². The average molecular weight is 436 g/mol. The summed E-state index contributed by atoms with van der Waals surface area (Å²) < 4.78 is 33.4. The largest absolute Gasteiger partial charge is 0.477 e. The summed E-state index contributed by atoms with van der Waals surface area (Å²) in [5.74, 6) is -2.36. The number of aliphatic carboxylic acids is 1. The highest BCUT2D eigenvalue weighted by atomic mass is 79.9. The minimum absolute atomic E-state index is 0.0565. The SMILES string of the molecule is O=C(O)/C(=C/c1ccco1)Nc1ncc(Br)nc1Cc1c(F)cccc1F. The maximum Gasteiger partial charge on any atom is 0.352 e. The first-order valence-electron chi connectivity index (χ1n) is 7.64. The van der Waals surface area contributed by atoms with Crippen LogP contribution in [0.3, 0.4) is 0 Å². The van der Waals surface area contributed by atoms with E-state index in [4.69, 9.17) is 4.42 Å². The third-order valence-electron chi connectivity index (χ3n) is 3.53. The van der Waals surface area contributed by atoms with Gasteiger partial charge in [-0.15, -0.1) is 0 Å². The number of nitrogens with one attached hydrogen (secondary N) is 1. The van der Waals surface area contributed by atoms with Crippen LogP contribution in [0.2, 0.25) is 0 Å². The third kappa shape index (κ3) is 4.56.